The second-order valence-corrected chi connectivity index (χ2v) is 12.7. The van der Waals surface area contributed by atoms with Gasteiger partial charge in [0.2, 0.25) is 5.91 Å². The maximum absolute atomic E-state index is 13.2. The van der Waals surface area contributed by atoms with E-state index < -0.39 is 11.2 Å². The van der Waals surface area contributed by atoms with Crippen molar-refractivity contribution >= 4 is 69.1 Å². The summed E-state index contributed by atoms with van der Waals surface area (Å²) in [7, 11) is 0. The maximum Gasteiger partial charge on any atom is 0.272 e. The van der Waals surface area contributed by atoms with Crippen LogP contribution in [0.2, 0.25) is 0 Å². The zero-order valence-corrected chi connectivity index (χ0v) is 26.9. The van der Waals surface area contributed by atoms with Crippen LogP contribution in [0.3, 0.4) is 0 Å². The molecular formula is C34H30N4O4S3. The lowest BCUT2D eigenvalue weighted by Crippen LogP contribution is -2.30. The van der Waals surface area contributed by atoms with E-state index in [1.807, 2.05) is 78.5 Å². The van der Waals surface area contributed by atoms with E-state index in [1.54, 1.807) is 42.5 Å². The number of anilines is 2. The van der Waals surface area contributed by atoms with Gasteiger partial charge in [-0.05, 0) is 103 Å². The molecule has 3 amide bonds. The smallest absolute Gasteiger partial charge is 0.272 e. The predicted octanol–water partition coefficient (Wildman–Crippen LogP) is 7.80. The van der Waals surface area contributed by atoms with E-state index in [1.165, 1.54) is 34.4 Å². The Kier molecular flexibility index (Phi) is 10.8. The number of amides is 3. The molecule has 1 atom stereocenters. The number of hydrogen-bond acceptors (Lipinski definition) is 8. The quantitative estimate of drug-likeness (QED) is 0.0936. The summed E-state index contributed by atoms with van der Waals surface area (Å²) in [5.41, 5.74) is 3.66. The molecule has 45 heavy (non-hydrogen) atoms. The molecule has 0 spiro atoms. The van der Waals surface area contributed by atoms with E-state index >= 15 is 0 Å². The van der Waals surface area contributed by atoms with Gasteiger partial charge >= 0.3 is 0 Å². The lowest BCUT2D eigenvalue weighted by atomic mass is 10.2. The molecule has 5 aromatic rings. The summed E-state index contributed by atoms with van der Waals surface area (Å²) in [5.74, 6) is -0.195. The molecule has 0 radical (unpaired) electrons. The Morgan fingerprint density at radius 1 is 0.933 bits per heavy atom. The topological polar surface area (TPSA) is 109 Å². The van der Waals surface area contributed by atoms with E-state index in [-0.39, 0.29) is 17.5 Å². The molecule has 8 nitrogen and oxygen atoms in total. The minimum atomic E-state index is -0.452. The van der Waals surface area contributed by atoms with Crippen molar-refractivity contribution in [3.8, 4) is 17.0 Å². The van der Waals surface area contributed by atoms with Crippen LogP contribution in [0.1, 0.15) is 29.8 Å². The second kappa shape index (κ2) is 15.3. The van der Waals surface area contributed by atoms with Gasteiger partial charge in [0, 0.05) is 27.1 Å². The molecule has 228 valence electrons. The summed E-state index contributed by atoms with van der Waals surface area (Å²) in [5, 5.41) is 14.3. The molecule has 0 saturated carbocycles. The third kappa shape index (κ3) is 8.91. The van der Waals surface area contributed by atoms with Crippen molar-refractivity contribution in [1.82, 2.24) is 10.3 Å². The highest BCUT2D eigenvalue weighted by molar-refractivity contribution is 8.00. The number of benzene rings is 3. The highest BCUT2D eigenvalue weighted by atomic mass is 32.2. The Balaban J connectivity index is 1.17. The number of thiophene rings is 1. The van der Waals surface area contributed by atoms with Crippen LogP contribution >= 0.6 is 34.4 Å². The Morgan fingerprint density at radius 3 is 2.38 bits per heavy atom. The molecule has 1 unspecified atom stereocenters. The molecule has 0 aliphatic rings. The number of nitrogens with one attached hydrogen (secondary N) is 3. The molecule has 0 fully saturated rings. The van der Waals surface area contributed by atoms with E-state index in [0.29, 0.717) is 23.0 Å². The van der Waals surface area contributed by atoms with E-state index in [0.717, 1.165) is 27.5 Å². The molecule has 3 N–H and O–H groups in total. The summed E-state index contributed by atoms with van der Waals surface area (Å²) >= 11 is 4.26. The fourth-order valence-corrected chi connectivity index (χ4v) is 6.31. The van der Waals surface area contributed by atoms with Gasteiger partial charge in [-0.3, -0.25) is 14.4 Å². The number of rotatable bonds is 12. The summed E-state index contributed by atoms with van der Waals surface area (Å²) in [6, 6.07) is 25.5. The number of thiazole rings is 1. The molecule has 3 aromatic carbocycles. The van der Waals surface area contributed by atoms with Crippen LogP contribution in [0, 0.1) is 0 Å². The standard InChI is InChI=1S/C34H30N4O4S3/c1-3-42-27-13-9-24(10-14-27)30-21-44-34(37-30)38-31(39)22(2)45-28-15-11-26(12-16-28)35-33(41)29(19-23-17-18-43-20-23)36-32(40)25-7-5-4-6-8-25/h4-22H,3H2,1-2H3,(H,35,41)(H,36,40)(H,37,38,39)/b29-19-. The first-order chi connectivity index (χ1) is 21.9. The number of nitrogens with zero attached hydrogens (tertiary/aromatic N) is 1. The Labute approximate surface area is 273 Å². The first-order valence-corrected chi connectivity index (χ1v) is 16.8. The number of carbonyl (C=O) groups excluding carboxylic acids is 3. The summed E-state index contributed by atoms with van der Waals surface area (Å²) in [4.78, 5) is 44.3. The molecule has 2 aromatic heterocycles. The summed E-state index contributed by atoms with van der Waals surface area (Å²) in [6.07, 6.45) is 1.64. The lowest BCUT2D eigenvalue weighted by Gasteiger charge is -2.13. The van der Waals surface area contributed by atoms with Crippen molar-refractivity contribution in [1.29, 1.82) is 0 Å². The van der Waals surface area contributed by atoms with Crippen LogP contribution in [-0.2, 0) is 9.59 Å². The minimum absolute atomic E-state index is 0.124. The molecule has 0 aliphatic heterocycles. The van der Waals surface area contributed by atoms with Gasteiger partial charge in [-0.2, -0.15) is 11.3 Å². The SMILES string of the molecule is CCOc1ccc(-c2csc(NC(=O)C(C)Sc3ccc(NC(=O)/C(=C/c4ccsc4)NC(=O)c4ccccc4)cc3)n2)cc1. The fraction of sp³-hybridized carbons (Fsp3) is 0.118. The molecule has 2 heterocycles. The van der Waals surface area contributed by atoms with Gasteiger partial charge in [0.05, 0.1) is 17.6 Å². The van der Waals surface area contributed by atoms with Crippen molar-refractivity contribution in [2.75, 3.05) is 17.2 Å². The number of carbonyl (C=O) groups is 3. The summed E-state index contributed by atoms with van der Waals surface area (Å²) in [6.45, 7) is 4.37. The molecular weight excluding hydrogens is 625 g/mol. The molecule has 0 aliphatic carbocycles. The van der Waals surface area contributed by atoms with Gasteiger partial charge in [0.25, 0.3) is 11.8 Å². The van der Waals surface area contributed by atoms with E-state index in [4.69, 9.17) is 4.74 Å². The van der Waals surface area contributed by atoms with Gasteiger partial charge in [0.15, 0.2) is 5.13 Å². The van der Waals surface area contributed by atoms with Gasteiger partial charge in [-0.1, -0.05) is 18.2 Å². The Bertz CT molecular complexity index is 1770. The largest absolute Gasteiger partial charge is 0.494 e. The van der Waals surface area contributed by atoms with Crippen LogP contribution in [0.4, 0.5) is 10.8 Å². The van der Waals surface area contributed by atoms with Crippen LogP contribution in [0.15, 0.2) is 112 Å². The van der Waals surface area contributed by atoms with Crippen LogP contribution < -0.4 is 20.7 Å². The molecule has 0 saturated heterocycles. The second-order valence-electron chi connectivity index (χ2n) is 9.66. The predicted molar refractivity (Wildman–Crippen MR) is 184 cm³/mol. The van der Waals surface area contributed by atoms with Gasteiger partial charge in [-0.25, -0.2) is 4.98 Å². The van der Waals surface area contributed by atoms with Crippen LogP contribution in [0.25, 0.3) is 17.3 Å². The Hall–Kier alpha value is -4.71. The van der Waals surface area contributed by atoms with Gasteiger partial charge in [-0.15, -0.1) is 23.1 Å². The van der Waals surface area contributed by atoms with Crippen molar-refractivity contribution in [2.45, 2.75) is 24.0 Å². The van der Waals surface area contributed by atoms with Gasteiger partial charge < -0.3 is 20.7 Å². The average molecular weight is 655 g/mol. The monoisotopic (exact) mass is 654 g/mol. The number of ether oxygens (including phenoxy) is 1. The highest BCUT2D eigenvalue weighted by Crippen LogP contribution is 2.29. The third-order valence-corrected chi connectivity index (χ3v) is 8.94. The lowest BCUT2D eigenvalue weighted by molar-refractivity contribution is -0.115. The van der Waals surface area contributed by atoms with Crippen molar-refractivity contribution in [2.24, 2.45) is 0 Å². The number of hydrogen-bond donors (Lipinski definition) is 3. The van der Waals surface area contributed by atoms with Crippen molar-refractivity contribution in [3.63, 3.8) is 0 Å². The number of thioether (sulfide) groups is 1. The Morgan fingerprint density at radius 2 is 1.69 bits per heavy atom. The number of aromatic nitrogens is 1. The normalized spacial score (nSPS) is 11.8. The van der Waals surface area contributed by atoms with Crippen LogP contribution in [0.5, 0.6) is 5.75 Å². The highest BCUT2D eigenvalue weighted by Gasteiger charge is 2.18. The third-order valence-electron chi connectivity index (χ3n) is 6.37. The maximum atomic E-state index is 13.2. The molecule has 0 bridgehead atoms. The summed E-state index contributed by atoms with van der Waals surface area (Å²) < 4.78 is 5.49. The average Bonchev–Trinajstić information content (AvgIpc) is 3.75. The first kappa shape index (κ1) is 31.7. The zero-order chi connectivity index (χ0) is 31.6. The van der Waals surface area contributed by atoms with Crippen molar-refractivity contribution in [3.05, 3.63) is 118 Å². The molecule has 11 heteroatoms. The fourth-order valence-electron chi connectivity index (χ4n) is 4.10. The van der Waals surface area contributed by atoms with E-state index in [9.17, 15) is 14.4 Å². The zero-order valence-electron chi connectivity index (χ0n) is 24.5. The van der Waals surface area contributed by atoms with Gasteiger partial charge in [0.1, 0.15) is 11.4 Å². The molecule has 5 rings (SSSR count). The minimum Gasteiger partial charge on any atom is -0.494 e. The van der Waals surface area contributed by atoms with Crippen molar-refractivity contribution < 1.29 is 19.1 Å². The van der Waals surface area contributed by atoms with E-state index in [2.05, 4.69) is 20.9 Å². The first-order valence-electron chi connectivity index (χ1n) is 14.1. The van der Waals surface area contributed by atoms with Crippen LogP contribution in [-0.4, -0.2) is 34.6 Å².